The topological polar surface area (TPSA) is 84.8 Å². The summed E-state index contributed by atoms with van der Waals surface area (Å²) in [5.41, 5.74) is 5.92. The zero-order chi connectivity index (χ0) is 13.1. The second kappa shape index (κ2) is 4.67. The van der Waals surface area contributed by atoms with Crippen molar-refractivity contribution in [2.45, 2.75) is 6.92 Å². The lowest BCUT2D eigenvalue weighted by molar-refractivity contribution is 0.455. The minimum atomic E-state index is -0.645. The number of halogens is 1. The molecule has 5 nitrogen and oxygen atoms in total. The molecule has 0 spiro atoms. The fourth-order valence-corrected chi connectivity index (χ4v) is 1.42. The van der Waals surface area contributed by atoms with Crippen LogP contribution in [0.15, 0.2) is 24.3 Å². The first-order valence-corrected chi connectivity index (χ1v) is 5.08. The van der Waals surface area contributed by atoms with E-state index >= 15 is 0 Å². The third kappa shape index (κ3) is 2.35. The van der Waals surface area contributed by atoms with E-state index in [0.717, 1.165) is 0 Å². The van der Waals surface area contributed by atoms with Gasteiger partial charge in [0.1, 0.15) is 23.2 Å². The van der Waals surface area contributed by atoms with Crippen LogP contribution in [-0.2, 0) is 0 Å². The van der Waals surface area contributed by atoms with E-state index in [1.54, 1.807) is 19.1 Å². The second-order valence-corrected chi connectivity index (χ2v) is 3.53. The molecule has 0 aliphatic carbocycles. The maximum absolute atomic E-state index is 13.4. The summed E-state index contributed by atoms with van der Waals surface area (Å²) in [7, 11) is 0. The van der Waals surface area contributed by atoms with Gasteiger partial charge in [0.2, 0.25) is 11.8 Å². The highest BCUT2D eigenvalue weighted by Gasteiger charge is 2.11. The third-order valence-electron chi connectivity index (χ3n) is 2.15. The summed E-state index contributed by atoms with van der Waals surface area (Å²) in [6.45, 7) is 1.72. The highest BCUT2D eigenvalue weighted by Crippen LogP contribution is 2.25. The number of nitrogens with two attached hydrogens (primary N) is 1. The summed E-state index contributed by atoms with van der Waals surface area (Å²) >= 11 is 0. The molecule has 0 radical (unpaired) electrons. The molecule has 1 aromatic heterocycles. The van der Waals surface area contributed by atoms with Gasteiger partial charge in [0.15, 0.2) is 0 Å². The number of hydrogen-bond acceptors (Lipinski definition) is 5. The smallest absolute Gasteiger partial charge is 0.224 e. The quantitative estimate of drug-likeness (QED) is 0.875. The van der Waals surface area contributed by atoms with Crippen molar-refractivity contribution in [2.75, 3.05) is 5.73 Å². The van der Waals surface area contributed by atoms with Crippen LogP contribution in [0.4, 0.5) is 10.3 Å². The molecule has 2 aromatic rings. The molecule has 0 amide bonds. The molecule has 90 valence electrons. The Hall–Kier alpha value is -2.68. The number of nitrogens with zero attached hydrogens (tertiary/aromatic N) is 3. The number of nitrogen functional groups attached to an aromatic ring is 1. The third-order valence-corrected chi connectivity index (χ3v) is 2.15. The minimum Gasteiger partial charge on any atom is -0.437 e. The Morgan fingerprint density at radius 2 is 2.17 bits per heavy atom. The Labute approximate surface area is 103 Å². The Morgan fingerprint density at radius 1 is 1.39 bits per heavy atom. The van der Waals surface area contributed by atoms with E-state index in [2.05, 4.69) is 9.97 Å². The number of nitriles is 1. The van der Waals surface area contributed by atoms with Gasteiger partial charge in [0.05, 0.1) is 0 Å². The van der Waals surface area contributed by atoms with Crippen molar-refractivity contribution >= 4 is 5.95 Å². The first kappa shape index (κ1) is 11.8. The number of rotatable bonds is 2. The zero-order valence-electron chi connectivity index (χ0n) is 9.51. The average molecular weight is 244 g/mol. The van der Waals surface area contributed by atoms with Gasteiger partial charge in [0.25, 0.3) is 0 Å². The molecule has 1 heterocycles. The van der Waals surface area contributed by atoms with Crippen molar-refractivity contribution < 1.29 is 9.13 Å². The van der Waals surface area contributed by atoms with Gasteiger partial charge in [-0.3, -0.25) is 0 Å². The maximum atomic E-state index is 13.4. The molecule has 1 aromatic carbocycles. The van der Waals surface area contributed by atoms with Crippen LogP contribution < -0.4 is 10.5 Å². The highest BCUT2D eigenvalue weighted by molar-refractivity contribution is 5.45. The average Bonchev–Trinajstić information content (AvgIpc) is 2.27. The van der Waals surface area contributed by atoms with Crippen LogP contribution in [0.25, 0.3) is 0 Å². The lowest BCUT2D eigenvalue weighted by atomic mass is 10.2. The summed E-state index contributed by atoms with van der Waals surface area (Å²) in [4.78, 5) is 7.73. The lowest BCUT2D eigenvalue weighted by Crippen LogP contribution is -1.99. The van der Waals surface area contributed by atoms with Crippen molar-refractivity contribution in [2.24, 2.45) is 0 Å². The standard InChI is InChI=1S/C12H9FN4O/c1-7-5-11(17-12(15)16-7)18-10-4-2-3-9(13)8(10)6-14/h2-5H,1H3,(H2,15,16,17). The minimum absolute atomic E-state index is 0.0555. The van der Waals surface area contributed by atoms with E-state index < -0.39 is 5.82 Å². The number of anilines is 1. The number of aryl methyl sites for hydroxylation is 1. The number of aromatic nitrogens is 2. The summed E-state index contributed by atoms with van der Waals surface area (Å²) in [5, 5.41) is 8.86. The van der Waals surface area contributed by atoms with Gasteiger partial charge >= 0.3 is 0 Å². The lowest BCUT2D eigenvalue weighted by Gasteiger charge is -2.07. The van der Waals surface area contributed by atoms with Crippen molar-refractivity contribution in [3.8, 4) is 17.7 Å². The van der Waals surface area contributed by atoms with Crippen molar-refractivity contribution in [1.29, 1.82) is 5.26 Å². The monoisotopic (exact) mass is 244 g/mol. The van der Waals surface area contributed by atoms with Crippen LogP contribution in [-0.4, -0.2) is 9.97 Å². The van der Waals surface area contributed by atoms with Crippen molar-refractivity contribution in [1.82, 2.24) is 9.97 Å². The highest BCUT2D eigenvalue weighted by atomic mass is 19.1. The second-order valence-electron chi connectivity index (χ2n) is 3.53. The van der Waals surface area contributed by atoms with E-state index in [4.69, 9.17) is 15.7 Å². The van der Waals surface area contributed by atoms with Crippen LogP contribution in [0, 0.1) is 24.1 Å². The molecule has 0 aliphatic rings. The molecule has 0 saturated heterocycles. The first-order chi connectivity index (χ1) is 8.60. The maximum Gasteiger partial charge on any atom is 0.224 e. The molecule has 0 saturated carbocycles. The Kier molecular flexibility index (Phi) is 3.06. The van der Waals surface area contributed by atoms with E-state index in [-0.39, 0.29) is 23.1 Å². The molecular formula is C12H9FN4O. The molecule has 2 N–H and O–H groups in total. The zero-order valence-corrected chi connectivity index (χ0v) is 9.51. The van der Waals surface area contributed by atoms with Crippen molar-refractivity contribution in [3.05, 3.63) is 41.3 Å². The summed E-state index contributed by atoms with van der Waals surface area (Å²) in [6.07, 6.45) is 0. The largest absolute Gasteiger partial charge is 0.437 e. The molecule has 0 unspecified atom stereocenters. The van der Waals surface area contributed by atoms with E-state index in [0.29, 0.717) is 5.69 Å². The SMILES string of the molecule is Cc1cc(Oc2cccc(F)c2C#N)nc(N)n1. The van der Waals surface area contributed by atoms with E-state index in [1.807, 2.05) is 0 Å². The number of ether oxygens (including phenoxy) is 1. The molecule has 0 bridgehead atoms. The first-order valence-electron chi connectivity index (χ1n) is 5.08. The Bertz CT molecular complexity index is 616. The molecule has 0 atom stereocenters. The fourth-order valence-electron chi connectivity index (χ4n) is 1.42. The van der Waals surface area contributed by atoms with Gasteiger partial charge in [-0.2, -0.15) is 10.2 Å². The van der Waals surface area contributed by atoms with Gasteiger partial charge in [-0.05, 0) is 19.1 Å². The number of benzene rings is 1. The van der Waals surface area contributed by atoms with Gasteiger partial charge in [-0.1, -0.05) is 6.07 Å². The van der Waals surface area contributed by atoms with Crippen LogP contribution >= 0.6 is 0 Å². The number of hydrogen-bond donors (Lipinski definition) is 1. The summed E-state index contributed by atoms with van der Waals surface area (Å²) in [5.74, 6) is -0.328. The molecule has 2 rings (SSSR count). The molecule has 18 heavy (non-hydrogen) atoms. The van der Waals surface area contributed by atoms with Gasteiger partial charge in [0, 0.05) is 11.8 Å². The normalized spacial score (nSPS) is 9.83. The van der Waals surface area contributed by atoms with Gasteiger partial charge < -0.3 is 10.5 Å². The van der Waals surface area contributed by atoms with Crippen LogP contribution in [0.5, 0.6) is 11.6 Å². The van der Waals surface area contributed by atoms with Crippen LogP contribution in [0.1, 0.15) is 11.3 Å². The summed E-state index contributed by atoms with van der Waals surface area (Å²) in [6, 6.07) is 7.40. The molecule has 0 fully saturated rings. The van der Waals surface area contributed by atoms with Gasteiger partial charge in [-0.15, -0.1) is 0 Å². The molecular weight excluding hydrogens is 235 g/mol. The molecule has 6 heteroatoms. The van der Waals surface area contributed by atoms with Crippen LogP contribution in [0.3, 0.4) is 0 Å². The predicted octanol–water partition coefficient (Wildman–Crippen LogP) is 2.17. The van der Waals surface area contributed by atoms with E-state index in [9.17, 15) is 4.39 Å². The predicted molar refractivity (Wildman–Crippen MR) is 62.4 cm³/mol. The Balaban J connectivity index is 2.40. The fraction of sp³-hybridized carbons (Fsp3) is 0.0833. The molecule has 0 aliphatic heterocycles. The Morgan fingerprint density at radius 3 is 2.83 bits per heavy atom. The van der Waals surface area contributed by atoms with E-state index in [1.165, 1.54) is 18.2 Å². The van der Waals surface area contributed by atoms with Crippen molar-refractivity contribution in [3.63, 3.8) is 0 Å². The van der Waals surface area contributed by atoms with Crippen LogP contribution in [0.2, 0.25) is 0 Å². The van der Waals surface area contributed by atoms with Gasteiger partial charge in [-0.25, -0.2) is 9.37 Å². The summed E-state index contributed by atoms with van der Waals surface area (Å²) < 4.78 is 18.7.